The maximum atomic E-state index is 12.5. The highest BCUT2D eigenvalue weighted by Crippen LogP contribution is 2.32. The number of rotatable bonds is 2. The van der Waals surface area contributed by atoms with Gasteiger partial charge in [0.25, 0.3) is 0 Å². The van der Waals surface area contributed by atoms with Gasteiger partial charge in [-0.15, -0.1) is 0 Å². The van der Waals surface area contributed by atoms with Gasteiger partial charge in [-0.05, 0) is 48.9 Å². The third-order valence-electron chi connectivity index (χ3n) is 2.71. The maximum absolute atomic E-state index is 12.5. The molecule has 0 atom stereocenters. The largest absolute Gasteiger partial charge is 0.416 e. The van der Waals surface area contributed by atoms with Crippen molar-refractivity contribution < 1.29 is 13.2 Å². The minimum atomic E-state index is -4.39. The van der Waals surface area contributed by atoms with Crippen LogP contribution in [0.5, 0.6) is 0 Å². The number of nitrogens with two attached hydrogens (primary N) is 1. The van der Waals surface area contributed by atoms with Crippen molar-refractivity contribution in [1.82, 2.24) is 0 Å². The van der Waals surface area contributed by atoms with Crippen molar-refractivity contribution in [3.05, 3.63) is 53.6 Å². The molecule has 0 aliphatic rings. The predicted octanol–water partition coefficient (Wildman–Crippen LogP) is 5.01. The van der Waals surface area contributed by atoms with Crippen LogP contribution in [0.3, 0.4) is 0 Å². The van der Waals surface area contributed by atoms with Crippen LogP contribution in [0.2, 0.25) is 0 Å². The number of aryl methyl sites for hydroxylation is 1. The fraction of sp³-hybridized carbons (Fsp3) is 0.143. The minimum Gasteiger partial charge on any atom is -0.399 e. The Balaban J connectivity index is 2.25. The lowest BCUT2D eigenvalue weighted by atomic mass is 10.2. The topological polar surface area (TPSA) is 50.7 Å². The molecular weight excluding hydrogens is 267 g/mol. The molecule has 104 valence electrons. The van der Waals surface area contributed by atoms with Crippen molar-refractivity contribution in [1.29, 1.82) is 0 Å². The molecule has 0 fully saturated rings. The first-order chi connectivity index (χ1) is 9.36. The number of anilines is 1. The Morgan fingerprint density at radius 1 is 0.950 bits per heavy atom. The van der Waals surface area contributed by atoms with Crippen LogP contribution < -0.4 is 5.73 Å². The highest BCUT2D eigenvalue weighted by atomic mass is 19.4. The lowest BCUT2D eigenvalue weighted by Gasteiger charge is -2.06. The third-order valence-corrected chi connectivity index (χ3v) is 2.71. The van der Waals surface area contributed by atoms with Gasteiger partial charge >= 0.3 is 6.18 Å². The summed E-state index contributed by atoms with van der Waals surface area (Å²) >= 11 is 0. The second-order valence-electron chi connectivity index (χ2n) is 4.29. The van der Waals surface area contributed by atoms with Crippen LogP contribution >= 0.6 is 0 Å². The van der Waals surface area contributed by atoms with Crippen LogP contribution in [0.1, 0.15) is 11.1 Å². The van der Waals surface area contributed by atoms with E-state index in [9.17, 15) is 13.2 Å². The Morgan fingerprint density at radius 3 is 2.20 bits per heavy atom. The van der Waals surface area contributed by atoms with Crippen LogP contribution in [-0.4, -0.2) is 0 Å². The summed E-state index contributed by atoms with van der Waals surface area (Å²) < 4.78 is 37.6. The van der Waals surface area contributed by atoms with Gasteiger partial charge in [-0.2, -0.15) is 23.4 Å². The zero-order valence-corrected chi connectivity index (χ0v) is 10.6. The van der Waals surface area contributed by atoms with E-state index in [-0.39, 0.29) is 5.69 Å². The fourth-order valence-electron chi connectivity index (χ4n) is 1.58. The number of alkyl halides is 3. The Labute approximate surface area is 114 Å². The number of hydrogen-bond donors (Lipinski definition) is 1. The van der Waals surface area contributed by atoms with Crippen molar-refractivity contribution in [3.63, 3.8) is 0 Å². The number of halogens is 3. The molecule has 0 spiro atoms. The molecule has 0 saturated heterocycles. The average molecular weight is 279 g/mol. The predicted molar refractivity (Wildman–Crippen MR) is 71.2 cm³/mol. The third kappa shape index (κ3) is 3.34. The molecule has 2 aromatic carbocycles. The van der Waals surface area contributed by atoms with Crippen molar-refractivity contribution in [3.8, 4) is 0 Å². The standard InChI is InChI=1S/C14H12F3N3/c1-9-7-12(5-6-13(9)18)20-19-11-4-2-3-10(8-11)14(15,16)17/h2-8H,18H2,1H3. The van der Waals surface area contributed by atoms with E-state index in [0.29, 0.717) is 11.4 Å². The molecule has 0 unspecified atom stereocenters. The quantitative estimate of drug-likeness (QED) is 0.609. The van der Waals surface area contributed by atoms with E-state index in [1.807, 2.05) is 6.92 Å². The monoisotopic (exact) mass is 279 g/mol. The molecule has 0 aliphatic heterocycles. The van der Waals surface area contributed by atoms with Gasteiger partial charge < -0.3 is 5.73 Å². The molecule has 0 saturated carbocycles. The molecule has 2 N–H and O–H groups in total. The molecule has 2 rings (SSSR count). The lowest BCUT2D eigenvalue weighted by Crippen LogP contribution is -2.03. The number of hydrogen-bond acceptors (Lipinski definition) is 3. The summed E-state index contributed by atoms with van der Waals surface area (Å²) in [5.74, 6) is 0. The first-order valence-electron chi connectivity index (χ1n) is 5.81. The summed E-state index contributed by atoms with van der Waals surface area (Å²) in [6.07, 6.45) is -4.39. The lowest BCUT2D eigenvalue weighted by molar-refractivity contribution is -0.137. The second kappa shape index (κ2) is 5.32. The van der Waals surface area contributed by atoms with Crippen LogP contribution in [0, 0.1) is 6.92 Å². The zero-order valence-electron chi connectivity index (χ0n) is 10.6. The second-order valence-corrected chi connectivity index (χ2v) is 4.29. The first kappa shape index (κ1) is 14.0. The van der Waals surface area contributed by atoms with Gasteiger partial charge in [0.1, 0.15) is 0 Å². The number of azo groups is 1. The smallest absolute Gasteiger partial charge is 0.399 e. The zero-order chi connectivity index (χ0) is 14.8. The van der Waals surface area contributed by atoms with Crippen LogP contribution in [0.4, 0.5) is 30.2 Å². The number of nitrogen functional groups attached to an aromatic ring is 1. The van der Waals surface area contributed by atoms with Crippen LogP contribution in [0.15, 0.2) is 52.7 Å². The summed E-state index contributed by atoms with van der Waals surface area (Å²) in [7, 11) is 0. The molecule has 20 heavy (non-hydrogen) atoms. The number of benzene rings is 2. The van der Waals surface area contributed by atoms with E-state index < -0.39 is 11.7 Å². The maximum Gasteiger partial charge on any atom is 0.416 e. The Kier molecular flexibility index (Phi) is 3.74. The normalized spacial score (nSPS) is 12.0. The van der Waals surface area contributed by atoms with Crippen molar-refractivity contribution >= 4 is 17.1 Å². The van der Waals surface area contributed by atoms with Gasteiger partial charge in [0.05, 0.1) is 16.9 Å². The van der Waals surface area contributed by atoms with Gasteiger partial charge in [-0.1, -0.05) is 6.07 Å². The van der Waals surface area contributed by atoms with E-state index in [1.54, 1.807) is 18.2 Å². The van der Waals surface area contributed by atoms with E-state index in [0.717, 1.165) is 17.7 Å². The molecule has 0 bridgehead atoms. The van der Waals surface area contributed by atoms with Crippen LogP contribution in [0.25, 0.3) is 0 Å². The molecule has 3 nitrogen and oxygen atoms in total. The molecular formula is C14H12F3N3. The summed E-state index contributed by atoms with van der Waals surface area (Å²) in [4.78, 5) is 0. The van der Waals surface area contributed by atoms with Crippen molar-refractivity contribution in [2.45, 2.75) is 13.1 Å². The fourth-order valence-corrected chi connectivity index (χ4v) is 1.58. The summed E-state index contributed by atoms with van der Waals surface area (Å²) in [5, 5.41) is 7.71. The molecule has 0 aromatic heterocycles. The molecule has 0 aliphatic carbocycles. The Bertz CT molecular complexity index is 648. The van der Waals surface area contributed by atoms with E-state index in [1.165, 1.54) is 12.1 Å². The van der Waals surface area contributed by atoms with Crippen molar-refractivity contribution in [2.75, 3.05) is 5.73 Å². The van der Waals surface area contributed by atoms with E-state index >= 15 is 0 Å². The Hall–Kier alpha value is -2.37. The summed E-state index contributed by atoms with van der Waals surface area (Å²) in [5.41, 5.74) is 7.07. The minimum absolute atomic E-state index is 0.148. The SMILES string of the molecule is Cc1cc(N=Nc2cccc(C(F)(F)F)c2)ccc1N. The van der Waals surface area contributed by atoms with E-state index in [4.69, 9.17) is 5.73 Å². The van der Waals surface area contributed by atoms with Gasteiger partial charge in [0.2, 0.25) is 0 Å². The summed E-state index contributed by atoms with van der Waals surface area (Å²) in [6, 6.07) is 9.75. The molecule has 6 heteroatoms. The summed E-state index contributed by atoms with van der Waals surface area (Å²) in [6.45, 7) is 1.82. The Morgan fingerprint density at radius 2 is 1.60 bits per heavy atom. The highest BCUT2D eigenvalue weighted by molar-refractivity contribution is 5.54. The molecule has 2 aromatic rings. The van der Waals surface area contributed by atoms with Gasteiger partial charge in [0, 0.05) is 5.69 Å². The highest BCUT2D eigenvalue weighted by Gasteiger charge is 2.30. The van der Waals surface area contributed by atoms with E-state index in [2.05, 4.69) is 10.2 Å². The van der Waals surface area contributed by atoms with Gasteiger partial charge in [-0.3, -0.25) is 0 Å². The molecule has 0 heterocycles. The first-order valence-corrected chi connectivity index (χ1v) is 5.81. The number of nitrogens with zero attached hydrogens (tertiary/aromatic N) is 2. The van der Waals surface area contributed by atoms with Crippen molar-refractivity contribution in [2.24, 2.45) is 10.2 Å². The van der Waals surface area contributed by atoms with Gasteiger partial charge in [0.15, 0.2) is 0 Å². The molecule has 0 radical (unpaired) electrons. The molecule has 0 amide bonds. The van der Waals surface area contributed by atoms with Crippen LogP contribution in [-0.2, 0) is 6.18 Å². The van der Waals surface area contributed by atoms with Gasteiger partial charge in [-0.25, -0.2) is 0 Å². The average Bonchev–Trinajstić information content (AvgIpc) is 2.39.